The van der Waals surface area contributed by atoms with Crippen molar-refractivity contribution in [3.8, 4) is 0 Å². The number of amides is 1. The number of carbonyl (C=O) groups excluding carboxylic acids is 1. The van der Waals surface area contributed by atoms with E-state index in [9.17, 15) is 18.0 Å². The predicted octanol–water partition coefficient (Wildman–Crippen LogP) is -0.278. The van der Waals surface area contributed by atoms with E-state index in [2.05, 4.69) is 4.72 Å². The van der Waals surface area contributed by atoms with Crippen LogP contribution in [0.25, 0.3) is 0 Å². The first-order valence-corrected chi connectivity index (χ1v) is 7.41. The van der Waals surface area contributed by atoms with E-state index in [4.69, 9.17) is 10.8 Å². The molecule has 9 heteroatoms. The van der Waals surface area contributed by atoms with Gasteiger partial charge in [0.1, 0.15) is 0 Å². The smallest absolute Gasteiger partial charge is 0.337 e. The zero-order valence-electron chi connectivity index (χ0n) is 11.8. The molecule has 21 heavy (non-hydrogen) atoms. The molecule has 0 fully saturated rings. The Morgan fingerprint density at radius 1 is 1.33 bits per heavy atom. The maximum absolute atomic E-state index is 12.2. The van der Waals surface area contributed by atoms with E-state index in [0.717, 1.165) is 12.1 Å². The number of nitrogen functional groups attached to an aromatic ring is 1. The van der Waals surface area contributed by atoms with Gasteiger partial charge in [0.25, 0.3) is 0 Å². The van der Waals surface area contributed by atoms with E-state index < -0.39 is 38.4 Å². The summed E-state index contributed by atoms with van der Waals surface area (Å²) < 4.78 is 26.6. The summed E-state index contributed by atoms with van der Waals surface area (Å²) >= 11 is 0. The summed E-state index contributed by atoms with van der Waals surface area (Å²) in [5.74, 6) is -1.86. The minimum atomic E-state index is -4.19. The van der Waals surface area contributed by atoms with Crippen LogP contribution in [0.15, 0.2) is 23.1 Å². The van der Waals surface area contributed by atoms with E-state index in [1.54, 1.807) is 0 Å². The lowest BCUT2D eigenvalue weighted by Gasteiger charge is -2.18. The van der Waals surface area contributed by atoms with Gasteiger partial charge in [-0.2, -0.15) is 4.72 Å². The van der Waals surface area contributed by atoms with Crippen LogP contribution >= 0.6 is 0 Å². The van der Waals surface area contributed by atoms with Crippen molar-refractivity contribution in [1.82, 2.24) is 9.62 Å². The molecule has 0 heterocycles. The normalized spacial score (nSPS) is 12.7. The molecular formula is C12H17N3O5S. The number of anilines is 1. The van der Waals surface area contributed by atoms with Crippen LogP contribution in [-0.4, -0.2) is 50.4 Å². The highest BCUT2D eigenvalue weighted by molar-refractivity contribution is 7.89. The number of sulfonamides is 1. The first-order valence-electron chi connectivity index (χ1n) is 5.92. The second kappa shape index (κ2) is 6.10. The van der Waals surface area contributed by atoms with Crippen LogP contribution in [0.3, 0.4) is 0 Å². The highest BCUT2D eigenvalue weighted by atomic mass is 32.2. The van der Waals surface area contributed by atoms with Crippen LogP contribution in [0.2, 0.25) is 0 Å². The number of nitrogens with two attached hydrogens (primary N) is 1. The summed E-state index contributed by atoms with van der Waals surface area (Å²) in [6.45, 7) is 1.37. The van der Waals surface area contributed by atoms with E-state index in [0.29, 0.717) is 0 Å². The summed E-state index contributed by atoms with van der Waals surface area (Å²) in [7, 11) is -1.23. The minimum Gasteiger partial charge on any atom is -0.478 e. The quantitative estimate of drug-likeness (QED) is 0.641. The van der Waals surface area contributed by atoms with Crippen molar-refractivity contribution in [2.45, 2.75) is 17.9 Å². The number of hydrogen-bond donors (Lipinski definition) is 3. The van der Waals surface area contributed by atoms with Gasteiger partial charge in [-0.1, -0.05) is 0 Å². The molecule has 1 aromatic carbocycles. The zero-order chi connectivity index (χ0) is 16.4. The monoisotopic (exact) mass is 315 g/mol. The molecule has 0 radical (unpaired) electrons. The third-order valence-corrected chi connectivity index (χ3v) is 4.25. The molecule has 0 spiro atoms. The second-order valence-electron chi connectivity index (χ2n) is 4.64. The van der Waals surface area contributed by atoms with Gasteiger partial charge in [0, 0.05) is 19.8 Å². The maximum atomic E-state index is 12.2. The van der Waals surface area contributed by atoms with E-state index >= 15 is 0 Å². The third kappa shape index (κ3) is 3.92. The fourth-order valence-corrected chi connectivity index (χ4v) is 3.10. The van der Waals surface area contributed by atoms with Crippen LogP contribution in [0.1, 0.15) is 17.3 Å². The van der Waals surface area contributed by atoms with Gasteiger partial charge in [0.15, 0.2) is 0 Å². The molecule has 0 aliphatic rings. The van der Waals surface area contributed by atoms with Gasteiger partial charge < -0.3 is 15.7 Å². The lowest BCUT2D eigenvalue weighted by atomic mass is 10.2. The van der Waals surface area contributed by atoms with Gasteiger partial charge >= 0.3 is 5.97 Å². The Labute approximate surface area is 122 Å². The van der Waals surface area contributed by atoms with Crippen molar-refractivity contribution < 1.29 is 23.1 Å². The van der Waals surface area contributed by atoms with Gasteiger partial charge in [0.2, 0.25) is 15.9 Å². The number of hydrogen-bond acceptors (Lipinski definition) is 5. The number of carboxylic acids is 1. The Morgan fingerprint density at radius 2 is 1.90 bits per heavy atom. The van der Waals surface area contributed by atoms with Crippen LogP contribution in [-0.2, 0) is 14.8 Å². The molecule has 0 aromatic heterocycles. The molecule has 1 atom stereocenters. The van der Waals surface area contributed by atoms with E-state index in [1.165, 1.54) is 32.0 Å². The molecule has 0 aliphatic heterocycles. The molecule has 1 amide bonds. The van der Waals surface area contributed by atoms with E-state index in [-0.39, 0.29) is 5.69 Å². The molecule has 0 bridgehead atoms. The molecule has 0 saturated carbocycles. The number of carboxylic acid groups (broad SMARTS) is 1. The summed E-state index contributed by atoms with van der Waals surface area (Å²) in [6.07, 6.45) is 0. The number of nitrogens with one attached hydrogen (secondary N) is 1. The van der Waals surface area contributed by atoms with Crippen LogP contribution in [0.4, 0.5) is 5.69 Å². The molecule has 8 nitrogen and oxygen atoms in total. The SMILES string of the molecule is CC(NS(=O)(=O)c1cc(N)ccc1C(=O)O)C(=O)N(C)C. The topological polar surface area (TPSA) is 130 Å². The molecule has 116 valence electrons. The fourth-order valence-electron chi connectivity index (χ4n) is 1.67. The maximum Gasteiger partial charge on any atom is 0.337 e. The third-order valence-electron chi connectivity index (χ3n) is 2.67. The first kappa shape index (κ1) is 16.9. The van der Waals surface area contributed by atoms with Gasteiger partial charge in [-0.25, -0.2) is 13.2 Å². The lowest BCUT2D eigenvalue weighted by Crippen LogP contribution is -2.44. The molecule has 0 saturated heterocycles. The summed E-state index contributed by atoms with van der Waals surface area (Å²) in [5.41, 5.74) is 5.19. The molecule has 0 aliphatic carbocycles. The number of benzene rings is 1. The summed E-state index contributed by atoms with van der Waals surface area (Å²) in [4.78, 5) is 23.5. The van der Waals surface area contributed by atoms with Crippen molar-refractivity contribution >= 4 is 27.6 Å². The Hall–Kier alpha value is -2.13. The van der Waals surface area contributed by atoms with Gasteiger partial charge in [0.05, 0.1) is 16.5 Å². The number of likely N-dealkylation sites (N-methyl/N-ethyl adjacent to an activating group) is 1. The van der Waals surface area contributed by atoms with Gasteiger partial charge in [-0.15, -0.1) is 0 Å². The number of rotatable bonds is 5. The van der Waals surface area contributed by atoms with E-state index in [1.807, 2.05) is 0 Å². The molecule has 4 N–H and O–H groups in total. The average Bonchev–Trinajstić information content (AvgIpc) is 2.36. The molecule has 1 aromatic rings. The highest BCUT2D eigenvalue weighted by Gasteiger charge is 2.27. The van der Waals surface area contributed by atoms with Crippen molar-refractivity contribution in [1.29, 1.82) is 0 Å². The van der Waals surface area contributed by atoms with Gasteiger partial charge in [-0.05, 0) is 25.1 Å². The Balaban J connectivity index is 3.23. The molecule has 1 rings (SSSR count). The Bertz CT molecular complexity index is 669. The van der Waals surface area contributed by atoms with Crippen LogP contribution in [0.5, 0.6) is 0 Å². The number of carbonyl (C=O) groups is 2. The number of nitrogens with zero attached hydrogens (tertiary/aromatic N) is 1. The van der Waals surface area contributed by atoms with Crippen LogP contribution < -0.4 is 10.5 Å². The average molecular weight is 315 g/mol. The Morgan fingerprint density at radius 3 is 2.38 bits per heavy atom. The highest BCUT2D eigenvalue weighted by Crippen LogP contribution is 2.19. The van der Waals surface area contributed by atoms with Crippen LogP contribution in [0, 0.1) is 0 Å². The van der Waals surface area contributed by atoms with Crippen molar-refractivity contribution in [2.24, 2.45) is 0 Å². The predicted molar refractivity (Wildman–Crippen MR) is 76.3 cm³/mol. The fraction of sp³-hybridized carbons (Fsp3) is 0.333. The zero-order valence-corrected chi connectivity index (χ0v) is 12.6. The standard InChI is InChI=1S/C12H17N3O5S/c1-7(11(16)15(2)3)14-21(19,20)10-6-8(13)4-5-9(10)12(17)18/h4-7,14H,13H2,1-3H3,(H,17,18). The summed E-state index contributed by atoms with van der Waals surface area (Å²) in [5, 5.41) is 9.04. The van der Waals surface area contributed by atoms with Crippen molar-refractivity contribution in [2.75, 3.05) is 19.8 Å². The van der Waals surface area contributed by atoms with Gasteiger partial charge in [-0.3, -0.25) is 4.79 Å². The largest absolute Gasteiger partial charge is 0.478 e. The Kier molecular flexibility index (Phi) is 4.92. The number of aromatic carboxylic acids is 1. The molecule has 1 unspecified atom stereocenters. The second-order valence-corrected chi connectivity index (χ2v) is 6.32. The van der Waals surface area contributed by atoms with Crippen molar-refractivity contribution in [3.63, 3.8) is 0 Å². The summed E-state index contributed by atoms with van der Waals surface area (Å²) in [6, 6.07) is 2.40. The first-order chi connectivity index (χ1) is 9.56. The minimum absolute atomic E-state index is 0.104. The lowest BCUT2D eigenvalue weighted by molar-refractivity contribution is -0.130. The molecular weight excluding hydrogens is 298 g/mol. The van der Waals surface area contributed by atoms with Crippen molar-refractivity contribution in [3.05, 3.63) is 23.8 Å².